The molecule has 150 valence electrons. The van der Waals surface area contributed by atoms with Crippen molar-refractivity contribution in [2.24, 2.45) is 0 Å². The van der Waals surface area contributed by atoms with E-state index in [9.17, 15) is 14.4 Å². The zero-order valence-electron chi connectivity index (χ0n) is 15.3. The molecule has 11 heteroatoms. The number of hydrogen-bond acceptors (Lipinski definition) is 9. The number of fused-ring (bicyclic) bond motifs is 1. The van der Waals surface area contributed by atoms with Gasteiger partial charge in [0, 0.05) is 27.0 Å². The maximum Gasteiger partial charge on any atom is 0.303 e. The highest BCUT2D eigenvalue weighted by Crippen LogP contribution is 2.36. The molecule has 2 aromatic heterocycles. The van der Waals surface area contributed by atoms with Gasteiger partial charge in [0.1, 0.15) is 29.8 Å². The summed E-state index contributed by atoms with van der Waals surface area (Å²) in [6.45, 7) is 3.51. The molecule has 0 radical (unpaired) electrons. The first kappa shape index (κ1) is 20.0. The monoisotopic (exact) mass is 411 g/mol. The predicted octanol–water partition coefficient (Wildman–Crippen LogP) is 1.41. The van der Waals surface area contributed by atoms with Crippen LogP contribution in [0.2, 0.25) is 5.15 Å². The van der Waals surface area contributed by atoms with Crippen LogP contribution < -0.4 is 0 Å². The quantitative estimate of drug-likeness (QED) is 0.408. The standard InChI is InChI=1S/C17H18ClN3O7/c1-8(22)25-6-12-13(26-9(2)23)14(27-10(3)24)17(28-12)21-5-4-11-15(18)19-7-20-16(11)21/h4-5,7,12-14,17H,6H2,1-3H3/t12-,13+,14+,17+/m1/s1. The Morgan fingerprint density at radius 2 is 1.79 bits per heavy atom. The van der Waals surface area contributed by atoms with Gasteiger partial charge >= 0.3 is 17.9 Å². The first-order valence-corrected chi connectivity index (χ1v) is 8.76. The van der Waals surface area contributed by atoms with E-state index in [1.54, 1.807) is 16.8 Å². The van der Waals surface area contributed by atoms with E-state index >= 15 is 0 Å². The van der Waals surface area contributed by atoms with Crippen molar-refractivity contribution in [2.45, 2.75) is 45.3 Å². The van der Waals surface area contributed by atoms with Crippen molar-refractivity contribution in [3.8, 4) is 0 Å². The number of nitrogens with zero attached hydrogens (tertiary/aromatic N) is 3. The fraction of sp³-hybridized carbons (Fsp3) is 0.471. The van der Waals surface area contributed by atoms with Crippen molar-refractivity contribution in [1.82, 2.24) is 14.5 Å². The zero-order valence-corrected chi connectivity index (χ0v) is 16.1. The Morgan fingerprint density at radius 3 is 2.43 bits per heavy atom. The van der Waals surface area contributed by atoms with Gasteiger partial charge in [0.25, 0.3) is 0 Å². The van der Waals surface area contributed by atoms with Crippen LogP contribution in [-0.2, 0) is 33.3 Å². The van der Waals surface area contributed by atoms with E-state index in [1.807, 2.05) is 0 Å². The van der Waals surface area contributed by atoms with Crippen molar-refractivity contribution in [2.75, 3.05) is 6.61 Å². The van der Waals surface area contributed by atoms with Gasteiger partial charge in [-0.25, -0.2) is 9.97 Å². The number of rotatable bonds is 5. The zero-order chi connectivity index (χ0) is 20.4. The molecule has 10 nitrogen and oxygen atoms in total. The van der Waals surface area contributed by atoms with Gasteiger partial charge in [0.2, 0.25) is 0 Å². The van der Waals surface area contributed by atoms with E-state index in [0.29, 0.717) is 11.0 Å². The van der Waals surface area contributed by atoms with Crippen molar-refractivity contribution in [1.29, 1.82) is 0 Å². The highest BCUT2D eigenvalue weighted by Gasteiger charge is 2.50. The van der Waals surface area contributed by atoms with E-state index in [-0.39, 0.29) is 11.8 Å². The number of ether oxygens (including phenoxy) is 4. The van der Waals surface area contributed by atoms with Crippen molar-refractivity contribution >= 4 is 40.5 Å². The summed E-state index contributed by atoms with van der Waals surface area (Å²) in [6, 6.07) is 1.69. The number of esters is 3. The van der Waals surface area contributed by atoms with Gasteiger partial charge in [-0.05, 0) is 6.07 Å². The predicted molar refractivity (Wildman–Crippen MR) is 94.2 cm³/mol. The van der Waals surface area contributed by atoms with Gasteiger partial charge in [-0.15, -0.1) is 0 Å². The maximum atomic E-state index is 11.7. The molecule has 0 spiro atoms. The largest absolute Gasteiger partial charge is 0.463 e. The lowest BCUT2D eigenvalue weighted by atomic mass is 10.1. The molecule has 3 rings (SSSR count). The summed E-state index contributed by atoms with van der Waals surface area (Å²) in [6.07, 6.45) is -0.788. The molecule has 3 heterocycles. The Labute approximate surface area is 164 Å². The molecule has 0 unspecified atom stereocenters. The SMILES string of the molecule is CC(=O)OC[C@H]1O[C@H](n2ccc3c(Cl)ncnc32)[C@@H](OC(C)=O)[C@H]1OC(C)=O. The lowest BCUT2D eigenvalue weighted by Crippen LogP contribution is -2.40. The molecule has 0 bridgehead atoms. The number of carbonyl (C=O) groups is 3. The van der Waals surface area contributed by atoms with E-state index < -0.39 is 42.4 Å². The van der Waals surface area contributed by atoms with Crippen LogP contribution in [0.3, 0.4) is 0 Å². The molecular formula is C17H18ClN3O7. The van der Waals surface area contributed by atoms with Crippen LogP contribution in [0.1, 0.15) is 27.0 Å². The molecule has 0 aliphatic carbocycles. The minimum absolute atomic E-state index is 0.184. The molecule has 1 aliphatic heterocycles. The fourth-order valence-corrected chi connectivity index (χ4v) is 3.25. The highest BCUT2D eigenvalue weighted by atomic mass is 35.5. The summed E-state index contributed by atoms with van der Waals surface area (Å²) in [5, 5.41) is 0.820. The normalized spacial score (nSPS) is 24.1. The van der Waals surface area contributed by atoms with E-state index in [0.717, 1.165) is 0 Å². The van der Waals surface area contributed by atoms with Crippen LogP contribution >= 0.6 is 11.6 Å². The number of hydrogen-bond donors (Lipinski definition) is 0. The Kier molecular flexibility index (Phi) is 5.80. The number of halogens is 1. The third kappa shape index (κ3) is 4.07. The lowest BCUT2D eigenvalue weighted by molar-refractivity contribution is -0.166. The molecule has 1 fully saturated rings. The summed E-state index contributed by atoms with van der Waals surface area (Å²) in [7, 11) is 0. The molecule has 4 atom stereocenters. The molecule has 0 saturated carbocycles. The van der Waals surface area contributed by atoms with Gasteiger partial charge < -0.3 is 23.5 Å². The average Bonchev–Trinajstić information content (AvgIpc) is 3.16. The van der Waals surface area contributed by atoms with Gasteiger partial charge in [-0.3, -0.25) is 14.4 Å². The minimum Gasteiger partial charge on any atom is -0.463 e. The van der Waals surface area contributed by atoms with E-state index in [4.69, 9.17) is 30.5 Å². The molecule has 0 aromatic carbocycles. The molecule has 1 saturated heterocycles. The summed E-state index contributed by atoms with van der Waals surface area (Å²) in [5.74, 6) is -1.71. The molecular weight excluding hydrogens is 394 g/mol. The van der Waals surface area contributed by atoms with Crippen LogP contribution in [0.5, 0.6) is 0 Å². The van der Waals surface area contributed by atoms with Gasteiger partial charge in [-0.2, -0.15) is 0 Å². The first-order valence-electron chi connectivity index (χ1n) is 8.38. The molecule has 0 amide bonds. The van der Waals surface area contributed by atoms with Crippen molar-refractivity contribution in [3.63, 3.8) is 0 Å². The van der Waals surface area contributed by atoms with Crippen molar-refractivity contribution < 1.29 is 33.3 Å². The van der Waals surface area contributed by atoms with Crippen LogP contribution in [0.4, 0.5) is 0 Å². The lowest BCUT2D eigenvalue weighted by Gasteiger charge is -2.24. The summed E-state index contributed by atoms with van der Waals surface area (Å²) in [5.41, 5.74) is 0.442. The van der Waals surface area contributed by atoms with E-state index in [2.05, 4.69) is 9.97 Å². The molecule has 0 N–H and O–H groups in total. The Balaban J connectivity index is 2.01. The minimum atomic E-state index is -0.994. The maximum absolute atomic E-state index is 11.7. The van der Waals surface area contributed by atoms with Crippen LogP contribution in [0.15, 0.2) is 18.6 Å². The second kappa shape index (κ2) is 8.11. The smallest absolute Gasteiger partial charge is 0.303 e. The Hall–Kier alpha value is -2.72. The Bertz CT molecular complexity index is 915. The van der Waals surface area contributed by atoms with Crippen molar-refractivity contribution in [3.05, 3.63) is 23.7 Å². The van der Waals surface area contributed by atoms with Gasteiger partial charge in [0.15, 0.2) is 18.4 Å². The van der Waals surface area contributed by atoms with Crippen LogP contribution in [-0.4, -0.2) is 57.4 Å². The Morgan fingerprint density at radius 1 is 1.11 bits per heavy atom. The third-order valence-corrected chi connectivity index (χ3v) is 4.38. The van der Waals surface area contributed by atoms with Crippen LogP contribution in [0.25, 0.3) is 11.0 Å². The fourth-order valence-electron chi connectivity index (χ4n) is 3.06. The molecule has 2 aromatic rings. The average molecular weight is 412 g/mol. The van der Waals surface area contributed by atoms with Gasteiger partial charge in [0.05, 0.1) is 5.39 Å². The van der Waals surface area contributed by atoms with Gasteiger partial charge in [-0.1, -0.05) is 11.6 Å². The summed E-state index contributed by atoms with van der Waals surface area (Å²) in [4.78, 5) is 42.6. The van der Waals surface area contributed by atoms with E-state index in [1.165, 1.54) is 27.1 Å². The van der Waals surface area contributed by atoms with Crippen LogP contribution in [0, 0.1) is 0 Å². The second-order valence-corrected chi connectivity index (χ2v) is 6.50. The molecule has 28 heavy (non-hydrogen) atoms. The topological polar surface area (TPSA) is 119 Å². The first-order chi connectivity index (χ1) is 13.3. The summed E-state index contributed by atoms with van der Waals surface area (Å²) >= 11 is 6.09. The highest BCUT2D eigenvalue weighted by molar-refractivity contribution is 6.33. The number of aromatic nitrogens is 3. The molecule has 1 aliphatic rings. The second-order valence-electron chi connectivity index (χ2n) is 6.14. The third-order valence-electron chi connectivity index (χ3n) is 4.08. The summed E-state index contributed by atoms with van der Waals surface area (Å²) < 4.78 is 23.3. The number of carbonyl (C=O) groups excluding carboxylic acids is 3.